The van der Waals surface area contributed by atoms with Gasteiger partial charge in [0.25, 0.3) is 0 Å². The Morgan fingerprint density at radius 3 is 2.90 bits per heavy atom. The van der Waals surface area contributed by atoms with Crippen LogP contribution >= 0.6 is 12.0 Å². The molecule has 0 bridgehead atoms. The molecule has 0 aliphatic carbocycles. The van der Waals surface area contributed by atoms with E-state index in [4.69, 9.17) is 15.6 Å². The number of nitrogens with one attached hydrogen (secondary N) is 1. The lowest BCUT2D eigenvalue weighted by Gasteiger charge is -2.11. The van der Waals surface area contributed by atoms with Gasteiger partial charge in [0.1, 0.15) is 5.69 Å². The van der Waals surface area contributed by atoms with Crippen molar-refractivity contribution in [1.82, 2.24) is 0 Å². The molecule has 0 amide bonds. The predicted octanol–water partition coefficient (Wildman–Crippen LogP) is 5.40. The Morgan fingerprint density at radius 2 is 2.24 bits per heavy atom. The van der Waals surface area contributed by atoms with Gasteiger partial charge in [-0.25, -0.2) is 10.8 Å². The van der Waals surface area contributed by atoms with E-state index in [2.05, 4.69) is 30.2 Å². The fourth-order valence-electron chi connectivity index (χ4n) is 1.96. The molecule has 0 aromatic heterocycles. The lowest BCUT2D eigenvalue weighted by atomic mass is 10.0. The highest BCUT2D eigenvalue weighted by Crippen LogP contribution is 2.46. The number of benzene rings is 2. The maximum Gasteiger partial charge on any atom is 0.214 e. The summed E-state index contributed by atoms with van der Waals surface area (Å²) < 4.78 is 41.3. The van der Waals surface area contributed by atoms with Crippen molar-refractivity contribution < 1.29 is 30.1 Å². The molecule has 0 atom stereocenters. The molecule has 0 radical (unpaired) electrons. The van der Waals surface area contributed by atoms with Crippen LogP contribution in [0.5, 0.6) is 5.75 Å². The molecule has 3 N–H and O–H groups in total. The highest BCUT2D eigenvalue weighted by Gasteiger charge is 2.17. The first-order chi connectivity index (χ1) is 13.6. The topological polar surface area (TPSA) is 120 Å². The van der Waals surface area contributed by atoms with Gasteiger partial charge < -0.3 is 5.11 Å². The Balaban J connectivity index is 0. The van der Waals surface area contributed by atoms with Crippen LogP contribution in [0.2, 0.25) is 1.41 Å². The van der Waals surface area contributed by atoms with E-state index in [-0.39, 0.29) is 11.4 Å². The molecule has 0 heterocycles. The van der Waals surface area contributed by atoms with E-state index in [0.29, 0.717) is 33.4 Å². The predicted molar refractivity (Wildman–Crippen MR) is 82.6 cm³/mol. The van der Waals surface area contributed by atoms with Crippen molar-refractivity contribution >= 4 is 34.2 Å². The molecule has 21 heavy (non-hydrogen) atoms. The minimum absolute atomic E-state index is 0.131. The van der Waals surface area contributed by atoms with Crippen LogP contribution in [0.3, 0.4) is 0 Å². The monoisotopic (exact) mass is 321 g/mol. The van der Waals surface area contributed by atoms with Crippen molar-refractivity contribution in [3.63, 3.8) is 0 Å². The minimum atomic E-state index is -0.131. The zero-order chi connectivity index (χ0) is 22.1. The van der Waals surface area contributed by atoms with Gasteiger partial charge in [-0.15, -0.1) is 4.33 Å². The summed E-state index contributed by atoms with van der Waals surface area (Å²) in [5.41, 5.74) is 4.43. The third-order valence-electron chi connectivity index (χ3n) is 2.86. The molecular formula is C12H18N4O4S. The lowest BCUT2D eigenvalue weighted by Crippen LogP contribution is -1.85. The first kappa shape index (κ1) is 10.6. The SMILES string of the molecule is [2H]N=Nc1c(C)ccc2c(O)c(N=NC)c(SOOO)cc12.[2H][2H].[2H][2H].[2H][2H]. The van der Waals surface area contributed by atoms with Gasteiger partial charge in [-0.05, 0) is 18.6 Å². The summed E-state index contributed by atoms with van der Waals surface area (Å²) in [4.78, 5) is 0.344. The van der Waals surface area contributed by atoms with Gasteiger partial charge in [-0.3, -0.25) is 0 Å². The van der Waals surface area contributed by atoms with Crippen molar-refractivity contribution in [2.75, 3.05) is 7.05 Å². The van der Waals surface area contributed by atoms with Crippen molar-refractivity contribution in [2.24, 2.45) is 15.3 Å². The molecule has 0 unspecified atom stereocenters. The molecule has 2 aromatic carbocycles. The number of phenolic OH excluding ortho intramolecular Hbond substituents is 1. The Hall–Kier alpha value is -2.07. The standard InChI is InChI=1S/C12H12N4O4S.3H2/c1-6-3-4-7-8(10(6)15-13)5-9(21-20-19-18)11(12(7)17)16-14-2;;;/h3-5,13,17-18H,1-2H3;3*1H/i;3*1+1D/hD. The number of hydrogen-bond donors (Lipinski definition) is 3. The maximum absolute atomic E-state index is 10.4. The number of phenols is 1. The summed E-state index contributed by atoms with van der Waals surface area (Å²) in [6.45, 7) is 1.81. The van der Waals surface area contributed by atoms with Crippen LogP contribution in [0.15, 0.2) is 38.4 Å². The van der Waals surface area contributed by atoms with E-state index in [1.165, 1.54) is 7.05 Å². The second kappa shape index (κ2) is 6.59. The number of rotatable bonds is 5. The molecule has 116 valence electrons. The highest BCUT2D eigenvalue weighted by atomic mass is 32.2. The van der Waals surface area contributed by atoms with Gasteiger partial charge in [0.05, 0.1) is 22.6 Å². The Morgan fingerprint density at radius 1 is 1.43 bits per heavy atom. The number of aromatic hydroxyl groups is 1. The summed E-state index contributed by atoms with van der Waals surface area (Å²) in [7, 11) is 1.45. The van der Waals surface area contributed by atoms with Gasteiger partial charge in [0.2, 0.25) is 1.41 Å². The van der Waals surface area contributed by atoms with E-state index in [1.807, 2.05) is 0 Å². The Bertz CT molecular complexity index is 771. The van der Waals surface area contributed by atoms with Gasteiger partial charge in [-0.1, -0.05) is 17.2 Å². The zero-order valence-electron chi connectivity index (χ0n) is 18.1. The quantitative estimate of drug-likeness (QED) is 0.295. The average Bonchev–Trinajstić information content (AvgIpc) is 2.75. The normalized spacial score (nSPS) is 13.8. The molecule has 0 spiro atoms. The second-order valence-electron chi connectivity index (χ2n) is 4.02. The summed E-state index contributed by atoms with van der Waals surface area (Å²) >= 11 is 0.644. The first-order valence-electron chi connectivity index (χ1n) is 9.17. The van der Waals surface area contributed by atoms with Crippen LogP contribution in [0.25, 0.3) is 10.8 Å². The lowest BCUT2D eigenvalue weighted by molar-refractivity contribution is -0.432. The van der Waals surface area contributed by atoms with Crippen molar-refractivity contribution in [2.45, 2.75) is 11.8 Å². The van der Waals surface area contributed by atoms with Crippen molar-refractivity contribution in [1.29, 1.82) is 5.52 Å². The van der Waals surface area contributed by atoms with Crippen molar-refractivity contribution in [3.8, 4) is 5.75 Å². The number of hydrogen-bond acceptors (Lipinski definition) is 9. The fraction of sp³-hybridized carbons (Fsp3) is 0.167. The third kappa shape index (κ3) is 2.85. The van der Waals surface area contributed by atoms with Gasteiger partial charge in [0, 0.05) is 26.7 Å². The Kier molecular flexibility index (Phi) is 3.33. The molecule has 0 fully saturated rings. The van der Waals surface area contributed by atoms with E-state index in [1.54, 1.807) is 25.1 Å². The summed E-state index contributed by atoms with van der Waals surface area (Å²) in [6, 6.07) is 5.08. The molecule has 0 saturated carbocycles. The van der Waals surface area contributed by atoms with E-state index in [9.17, 15) is 5.11 Å². The molecule has 0 saturated heterocycles. The third-order valence-corrected chi connectivity index (χ3v) is 3.48. The van der Waals surface area contributed by atoms with E-state index < -0.39 is 0 Å². The van der Waals surface area contributed by atoms with Gasteiger partial charge >= 0.3 is 0 Å². The van der Waals surface area contributed by atoms with E-state index in [0.717, 1.165) is 5.56 Å². The number of aryl methyl sites for hydroxylation is 1. The van der Waals surface area contributed by atoms with Crippen LogP contribution in [-0.4, -0.2) is 17.4 Å². The van der Waals surface area contributed by atoms with Crippen LogP contribution < -0.4 is 0 Å². The molecule has 9 heteroatoms. The van der Waals surface area contributed by atoms with E-state index >= 15 is 0 Å². The molecule has 0 aliphatic rings. The Labute approximate surface area is 134 Å². The van der Waals surface area contributed by atoms with Gasteiger partial charge in [-0.2, -0.15) is 15.3 Å². The largest absolute Gasteiger partial charge is 0.505 e. The second-order valence-corrected chi connectivity index (χ2v) is 4.77. The summed E-state index contributed by atoms with van der Waals surface area (Å²) in [6.07, 6.45) is 0. The van der Waals surface area contributed by atoms with Crippen LogP contribution in [0, 0.1) is 12.4 Å². The first-order valence-corrected chi connectivity index (χ1v) is 6.47. The summed E-state index contributed by atoms with van der Waals surface area (Å²) in [5.74, 6) is -0.131. The average molecular weight is 321 g/mol. The smallest absolute Gasteiger partial charge is 0.214 e. The molecule has 8 nitrogen and oxygen atoms in total. The highest BCUT2D eigenvalue weighted by molar-refractivity contribution is 7.94. The van der Waals surface area contributed by atoms with Gasteiger partial charge in [0.15, 0.2) is 5.75 Å². The zero-order valence-corrected chi connectivity index (χ0v) is 12.0. The summed E-state index contributed by atoms with van der Waals surface area (Å²) in [5, 5.41) is 34.6. The number of fused-ring (bicyclic) bond motifs is 1. The van der Waals surface area contributed by atoms with Crippen LogP contribution in [-0.2, 0) is 9.37 Å². The van der Waals surface area contributed by atoms with Crippen LogP contribution in [0.1, 0.15) is 14.5 Å². The molecule has 0 aliphatic heterocycles. The molecule has 2 rings (SSSR count). The number of nitrogens with zero attached hydrogens (tertiary/aromatic N) is 3. The minimum Gasteiger partial charge on any atom is -0.505 e. The molecular weight excluding hydrogens is 296 g/mol. The van der Waals surface area contributed by atoms with Crippen molar-refractivity contribution in [3.05, 3.63) is 23.8 Å². The fourth-order valence-corrected chi connectivity index (χ4v) is 2.44. The van der Waals surface area contributed by atoms with Crippen LogP contribution in [0.4, 0.5) is 11.4 Å². The number of azo groups is 1. The molecule has 2 aromatic rings. The maximum atomic E-state index is 10.4.